The van der Waals surface area contributed by atoms with Gasteiger partial charge in [-0.2, -0.15) is 0 Å². The van der Waals surface area contributed by atoms with Gasteiger partial charge in [-0.3, -0.25) is 24.7 Å². The van der Waals surface area contributed by atoms with Gasteiger partial charge in [0, 0.05) is 11.4 Å². The van der Waals surface area contributed by atoms with Gasteiger partial charge < -0.3 is 4.74 Å². The van der Waals surface area contributed by atoms with E-state index >= 15 is 0 Å². The topological polar surface area (TPSA) is 105 Å². The van der Waals surface area contributed by atoms with Crippen LogP contribution in [0.25, 0.3) is 0 Å². The first kappa shape index (κ1) is 24.8. The summed E-state index contributed by atoms with van der Waals surface area (Å²) in [5.41, 5.74) is 5.58. The number of hydrogen-bond donors (Lipinski definition) is 2. The van der Waals surface area contributed by atoms with Gasteiger partial charge in [0.05, 0.1) is 23.6 Å². The van der Waals surface area contributed by atoms with E-state index in [1.54, 1.807) is 49.4 Å². The molecule has 0 aromatic heterocycles. The number of para-hydroxylation sites is 1. The fourth-order valence-corrected chi connectivity index (χ4v) is 3.98. The number of ether oxygens (including phenoxy) is 1. The van der Waals surface area contributed by atoms with Crippen LogP contribution in [0.1, 0.15) is 18.4 Å². The van der Waals surface area contributed by atoms with Crippen LogP contribution in [-0.2, 0) is 19.6 Å². The lowest BCUT2D eigenvalue weighted by molar-refractivity contribution is -0.128. The molecule has 0 fully saturated rings. The van der Waals surface area contributed by atoms with Crippen molar-refractivity contribution < 1.29 is 22.7 Å². The quantitative estimate of drug-likeness (QED) is 0.417. The monoisotopic (exact) mass is 487 g/mol. The Morgan fingerprint density at radius 1 is 1.06 bits per heavy atom. The number of carbonyl (C=O) groups is 2. The molecule has 0 radical (unpaired) electrons. The summed E-state index contributed by atoms with van der Waals surface area (Å²) < 4.78 is 30.7. The second kappa shape index (κ2) is 11.2. The molecule has 2 N–H and O–H groups in total. The highest BCUT2D eigenvalue weighted by Crippen LogP contribution is 2.27. The Labute approximate surface area is 191 Å². The predicted octanol–water partition coefficient (Wildman–Crippen LogP) is 3.07. The van der Waals surface area contributed by atoms with E-state index in [0.29, 0.717) is 33.5 Å². The molecule has 8 nitrogen and oxygen atoms in total. The molecule has 0 heterocycles. The molecule has 0 aliphatic rings. The first-order valence-corrected chi connectivity index (χ1v) is 11.9. The summed E-state index contributed by atoms with van der Waals surface area (Å²) in [7, 11) is -3.70. The van der Waals surface area contributed by atoms with E-state index in [1.807, 2.05) is 0 Å². The third-order valence-electron chi connectivity index (χ3n) is 4.11. The van der Waals surface area contributed by atoms with Gasteiger partial charge in [0.25, 0.3) is 5.91 Å². The number of halogens is 2. The number of hydrazine groups is 1. The van der Waals surface area contributed by atoms with Crippen LogP contribution in [0.5, 0.6) is 5.75 Å². The molecule has 2 aromatic carbocycles. The second-order valence-corrected chi connectivity index (χ2v) is 9.43. The van der Waals surface area contributed by atoms with Crippen LogP contribution in [0, 0.1) is 6.92 Å². The van der Waals surface area contributed by atoms with Crippen LogP contribution in [0.3, 0.4) is 0 Å². The molecular weight excluding hydrogens is 465 g/mol. The van der Waals surface area contributed by atoms with Gasteiger partial charge in [0.2, 0.25) is 15.9 Å². The van der Waals surface area contributed by atoms with Crippen molar-refractivity contribution in [3.05, 3.63) is 58.1 Å². The lowest BCUT2D eigenvalue weighted by Gasteiger charge is -2.23. The number of amides is 2. The molecule has 0 spiro atoms. The lowest BCUT2D eigenvalue weighted by Crippen LogP contribution is -2.47. The fraction of sp³-hybridized carbons (Fsp3) is 0.300. The van der Waals surface area contributed by atoms with Crippen LogP contribution >= 0.6 is 23.2 Å². The maximum absolute atomic E-state index is 12.2. The van der Waals surface area contributed by atoms with Crippen LogP contribution in [-0.4, -0.2) is 39.6 Å². The van der Waals surface area contributed by atoms with Gasteiger partial charge >= 0.3 is 0 Å². The second-order valence-electron chi connectivity index (χ2n) is 6.68. The van der Waals surface area contributed by atoms with Crippen molar-refractivity contribution in [1.82, 2.24) is 10.9 Å². The lowest BCUT2D eigenvalue weighted by atomic mass is 10.2. The van der Waals surface area contributed by atoms with Crippen LogP contribution < -0.4 is 19.9 Å². The Morgan fingerprint density at radius 3 is 2.39 bits per heavy atom. The molecule has 0 unspecified atom stereocenters. The zero-order valence-electron chi connectivity index (χ0n) is 17.0. The Bertz CT molecular complexity index is 1050. The Morgan fingerprint density at radius 2 is 1.74 bits per heavy atom. The zero-order chi connectivity index (χ0) is 23.0. The number of sulfonamides is 1. The van der Waals surface area contributed by atoms with E-state index in [0.717, 1.165) is 10.6 Å². The van der Waals surface area contributed by atoms with Crippen molar-refractivity contribution in [1.29, 1.82) is 0 Å². The highest BCUT2D eigenvalue weighted by molar-refractivity contribution is 7.92. The standard InChI is InChI=1S/C20H23Cl2N3O5S/c1-14-6-3-4-7-17(14)25(31(2,28)29)13-20(27)24-23-19(26)8-5-11-30-18-10-9-15(21)12-16(18)22/h3-4,6-7,9-10,12H,5,8,11,13H2,1-2H3,(H,23,26)(H,24,27). The molecule has 11 heteroatoms. The van der Waals surface area contributed by atoms with Gasteiger partial charge in [-0.05, 0) is 43.2 Å². The Kier molecular flexibility index (Phi) is 8.97. The number of nitrogens with one attached hydrogen (secondary N) is 2. The summed E-state index contributed by atoms with van der Waals surface area (Å²) in [5, 5.41) is 0.859. The summed E-state index contributed by atoms with van der Waals surface area (Å²) in [5.74, 6) is -0.663. The summed E-state index contributed by atoms with van der Waals surface area (Å²) >= 11 is 11.8. The molecule has 0 saturated heterocycles. The van der Waals surface area contributed by atoms with E-state index in [4.69, 9.17) is 27.9 Å². The van der Waals surface area contributed by atoms with Crippen molar-refractivity contribution in [3.8, 4) is 5.75 Å². The highest BCUT2D eigenvalue weighted by atomic mass is 35.5. The molecule has 0 aliphatic heterocycles. The van der Waals surface area contributed by atoms with E-state index in [9.17, 15) is 18.0 Å². The van der Waals surface area contributed by atoms with Crippen molar-refractivity contribution in [2.24, 2.45) is 0 Å². The van der Waals surface area contributed by atoms with Crippen molar-refractivity contribution in [2.45, 2.75) is 19.8 Å². The van der Waals surface area contributed by atoms with Crippen LogP contribution in [0.2, 0.25) is 10.0 Å². The van der Waals surface area contributed by atoms with Crippen molar-refractivity contribution in [2.75, 3.05) is 23.7 Å². The molecule has 0 aliphatic carbocycles. The Hall–Kier alpha value is -2.49. The maximum atomic E-state index is 12.2. The molecule has 0 atom stereocenters. The smallest absolute Gasteiger partial charge is 0.259 e. The first-order valence-electron chi connectivity index (χ1n) is 9.27. The number of aryl methyl sites for hydroxylation is 1. The SMILES string of the molecule is Cc1ccccc1N(CC(=O)NNC(=O)CCCOc1ccc(Cl)cc1Cl)S(C)(=O)=O. The highest BCUT2D eigenvalue weighted by Gasteiger charge is 2.22. The minimum atomic E-state index is -3.70. The molecule has 0 bridgehead atoms. The molecule has 31 heavy (non-hydrogen) atoms. The number of anilines is 1. The zero-order valence-corrected chi connectivity index (χ0v) is 19.4. The number of hydrogen-bond acceptors (Lipinski definition) is 5. The number of carbonyl (C=O) groups excluding carboxylic acids is 2. The average molecular weight is 488 g/mol. The largest absolute Gasteiger partial charge is 0.492 e. The van der Waals surface area contributed by atoms with Crippen molar-refractivity contribution >= 4 is 50.7 Å². The number of benzene rings is 2. The average Bonchev–Trinajstić information content (AvgIpc) is 2.69. The van der Waals surface area contributed by atoms with Gasteiger partial charge in [-0.1, -0.05) is 41.4 Å². The molecule has 2 rings (SSSR count). The maximum Gasteiger partial charge on any atom is 0.259 e. The van der Waals surface area contributed by atoms with Crippen LogP contribution in [0.15, 0.2) is 42.5 Å². The van der Waals surface area contributed by atoms with Gasteiger partial charge in [0.1, 0.15) is 12.3 Å². The molecule has 2 amide bonds. The number of rotatable bonds is 9. The minimum absolute atomic E-state index is 0.0824. The molecule has 0 saturated carbocycles. The summed E-state index contributed by atoms with van der Waals surface area (Å²) in [6, 6.07) is 11.6. The third kappa shape index (κ3) is 7.93. The van der Waals surface area contributed by atoms with Crippen molar-refractivity contribution in [3.63, 3.8) is 0 Å². The Balaban J connectivity index is 1.79. The van der Waals surface area contributed by atoms with E-state index in [1.165, 1.54) is 0 Å². The van der Waals surface area contributed by atoms with Crippen LogP contribution in [0.4, 0.5) is 5.69 Å². The molecule has 168 valence electrons. The minimum Gasteiger partial charge on any atom is -0.492 e. The summed E-state index contributed by atoms with van der Waals surface area (Å²) in [4.78, 5) is 24.1. The molecular formula is C20H23Cl2N3O5S. The predicted molar refractivity (Wildman–Crippen MR) is 121 cm³/mol. The fourth-order valence-electron chi connectivity index (χ4n) is 2.60. The summed E-state index contributed by atoms with van der Waals surface area (Å²) in [6.45, 7) is 1.51. The molecule has 2 aromatic rings. The van der Waals surface area contributed by atoms with Gasteiger partial charge in [0.15, 0.2) is 0 Å². The summed E-state index contributed by atoms with van der Waals surface area (Å²) in [6.07, 6.45) is 1.47. The van der Waals surface area contributed by atoms with E-state index in [2.05, 4.69) is 10.9 Å². The third-order valence-corrected chi connectivity index (χ3v) is 5.77. The normalized spacial score (nSPS) is 11.0. The van der Waals surface area contributed by atoms with E-state index in [-0.39, 0.29) is 13.0 Å². The first-order chi connectivity index (χ1) is 14.6. The van der Waals surface area contributed by atoms with Gasteiger partial charge in [-0.15, -0.1) is 0 Å². The number of nitrogens with zero attached hydrogens (tertiary/aromatic N) is 1. The van der Waals surface area contributed by atoms with E-state index < -0.39 is 28.4 Å². The van der Waals surface area contributed by atoms with Gasteiger partial charge in [-0.25, -0.2) is 8.42 Å².